The molecule has 0 aliphatic carbocycles. The van der Waals surface area contributed by atoms with Gasteiger partial charge in [0.25, 0.3) is 0 Å². The summed E-state index contributed by atoms with van der Waals surface area (Å²) in [6, 6.07) is 10.4. The van der Waals surface area contributed by atoms with Gasteiger partial charge >= 0.3 is 0 Å². The van der Waals surface area contributed by atoms with E-state index in [9.17, 15) is 0 Å². The Labute approximate surface area is 106 Å². The second-order valence-electron chi connectivity index (χ2n) is 4.00. The van der Waals surface area contributed by atoms with Crippen LogP contribution >= 0.6 is 11.8 Å². The Bertz CT molecular complexity index is 453. The molecule has 90 valence electrons. The molecule has 1 aromatic heterocycles. The summed E-state index contributed by atoms with van der Waals surface area (Å²) in [7, 11) is 1.93. The highest BCUT2D eigenvalue weighted by molar-refractivity contribution is 7.99. The van der Waals surface area contributed by atoms with Crippen LogP contribution in [0.3, 0.4) is 0 Å². The van der Waals surface area contributed by atoms with Crippen molar-refractivity contribution in [2.45, 2.75) is 10.8 Å². The lowest BCUT2D eigenvalue weighted by Gasteiger charge is -2.13. The molecular weight excluding hydrogens is 230 g/mol. The maximum Gasteiger partial charge on any atom is 0.0625 e. The summed E-state index contributed by atoms with van der Waals surface area (Å²) in [5.41, 5.74) is 7.15. The Balaban J connectivity index is 1.97. The van der Waals surface area contributed by atoms with E-state index in [1.54, 1.807) is 11.8 Å². The standard InChI is InChI=1S/C13H17N3S/c1-16-9-13(8-15-16)17-10-12(7-14)11-5-3-2-4-6-11/h2-6,8-9,12H,7,10,14H2,1H3. The van der Waals surface area contributed by atoms with Crippen molar-refractivity contribution >= 4 is 11.8 Å². The van der Waals surface area contributed by atoms with Gasteiger partial charge in [-0.25, -0.2) is 0 Å². The number of aryl methyl sites for hydroxylation is 1. The number of hydrogen-bond acceptors (Lipinski definition) is 3. The van der Waals surface area contributed by atoms with Gasteiger partial charge in [-0.05, 0) is 12.1 Å². The predicted octanol–water partition coefficient (Wildman–Crippen LogP) is 2.25. The van der Waals surface area contributed by atoms with Crippen LogP contribution in [0.15, 0.2) is 47.6 Å². The van der Waals surface area contributed by atoms with Crippen molar-refractivity contribution in [1.29, 1.82) is 0 Å². The molecule has 1 heterocycles. The van der Waals surface area contributed by atoms with Crippen LogP contribution in [0.1, 0.15) is 11.5 Å². The zero-order chi connectivity index (χ0) is 12.1. The van der Waals surface area contributed by atoms with Crippen LogP contribution in [0, 0.1) is 0 Å². The summed E-state index contributed by atoms with van der Waals surface area (Å²) in [6.07, 6.45) is 3.92. The van der Waals surface area contributed by atoms with Crippen molar-refractivity contribution in [2.24, 2.45) is 12.8 Å². The maximum atomic E-state index is 5.84. The van der Waals surface area contributed by atoms with Crippen molar-refractivity contribution in [2.75, 3.05) is 12.3 Å². The molecule has 1 aromatic carbocycles. The molecule has 2 aromatic rings. The third-order valence-corrected chi connectivity index (χ3v) is 3.80. The lowest BCUT2D eigenvalue weighted by Crippen LogP contribution is -2.14. The molecule has 4 heteroatoms. The van der Waals surface area contributed by atoms with Crippen LogP contribution in [0.25, 0.3) is 0 Å². The molecule has 0 radical (unpaired) electrons. The molecule has 2 N–H and O–H groups in total. The van der Waals surface area contributed by atoms with Gasteiger partial charge in [-0.3, -0.25) is 4.68 Å². The van der Waals surface area contributed by atoms with Crippen LogP contribution in [-0.4, -0.2) is 22.1 Å². The first kappa shape index (κ1) is 12.2. The molecule has 2 rings (SSSR count). The molecule has 17 heavy (non-hydrogen) atoms. The minimum absolute atomic E-state index is 0.404. The van der Waals surface area contributed by atoms with Crippen LogP contribution < -0.4 is 5.73 Å². The molecule has 1 atom stereocenters. The first-order chi connectivity index (χ1) is 8.29. The van der Waals surface area contributed by atoms with Gasteiger partial charge in [0.15, 0.2) is 0 Å². The van der Waals surface area contributed by atoms with E-state index < -0.39 is 0 Å². The topological polar surface area (TPSA) is 43.8 Å². The van der Waals surface area contributed by atoms with Crippen molar-refractivity contribution in [3.8, 4) is 0 Å². The quantitative estimate of drug-likeness (QED) is 0.824. The van der Waals surface area contributed by atoms with Crippen molar-refractivity contribution < 1.29 is 0 Å². The molecule has 0 saturated carbocycles. The average Bonchev–Trinajstić information content (AvgIpc) is 2.77. The number of nitrogens with two attached hydrogens (primary N) is 1. The van der Waals surface area contributed by atoms with Gasteiger partial charge in [0.2, 0.25) is 0 Å². The third kappa shape index (κ3) is 3.35. The summed E-state index contributed by atoms with van der Waals surface area (Å²) in [6.45, 7) is 0.678. The largest absolute Gasteiger partial charge is 0.330 e. The number of benzene rings is 1. The molecule has 0 aliphatic heterocycles. The van der Waals surface area contributed by atoms with Gasteiger partial charge in [0.05, 0.1) is 6.20 Å². The number of aromatic nitrogens is 2. The zero-order valence-electron chi connectivity index (χ0n) is 9.91. The molecule has 1 unspecified atom stereocenters. The van der Waals surface area contributed by atoms with Crippen molar-refractivity contribution in [1.82, 2.24) is 9.78 Å². The monoisotopic (exact) mass is 247 g/mol. The highest BCUT2D eigenvalue weighted by Crippen LogP contribution is 2.25. The molecule has 0 aliphatic rings. The molecule has 3 nitrogen and oxygen atoms in total. The van der Waals surface area contributed by atoms with E-state index in [-0.39, 0.29) is 0 Å². The Morgan fingerprint density at radius 3 is 2.71 bits per heavy atom. The summed E-state index contributed by atoms with van der Waals surface area (Å²) < 4.78 is 1.82. The highest BCUT2D eigenvalue weighted by Gasteiger charge is 2.10. The Kier molecular flexibility index (Phi) is 4.23. The first-order valence-electron chi connectivity index (χ1n) is 5.66. The van der Waals surface area contributed by atoms with Gasteiger partial charge in [-0.1, -0.05) is 30.3 Å². The fraction of sp³-hybridized carbons (Fsp3) is 0.308. The van der Waals surface area contributed by atoms with E-state index in [0.29, 0.717) is 12.5 Å². The summed E-state index contributed by atoms with van der Waals surface area (Å²) >= 11 is 1.81. The van der Waals surface area contributed by atoms with Gasteiger partial charge in [-0.15, -0.1) is 11.8 Å². The Hall–Kier alpha value is -1.26. The van der Waals surface area contributed by atoms with Gasteiger partial charge in [0, 0.05) is 29.8 Å². The van der Waals surface area contributed by atoms with Gasteiger partial charge < -0.3 is 5.73 Å². The number of nitrogens with zero attached hydrogens (tertiary/aromatic N) is 2. The van der Waals surface area contributed by atoms with Crippen LogP contribution in [-0.2, 0) is 7.05 Å². The zero-order valence-corrected chi connectivity index (χ0v) is 10.7. The SMILES string of the molecule is Cn1cc(SCC(CN)c2ccccc2)cn1. The van der Waals surface area contributed by atoms with Crippen LogP contribution in [0.4, 0.5) is 0 Å². The molecule has 0 fully saturated rings. The molecular formula is C13H17N3S. The molecule has 0 amide bonds. The maximum absolute atomic E-state index is 5.84. The minimum Gasteiger partial charge on any atom is -0.330 e. The number of thioether (sulfide) groups is 1. The summed E-state index contributed by atoms with van der Waals surface area (Å²) in [5, 5.41) is 4.16. The fourth-order valence-corrected chi connectivity index (χ4v) is 2.77. The average molecular weight is 247 g/mol. The number of hydrogen-bond donors (Lipinski definition) is 1. The Morgan fingerprint density at radius 1 is 1.35 bits per heavy atom. The van der Waals surface area contributed by atoms with E-state index in [2.05, 4.69) is 29.4 Å². The first-order valence-corrected chi connectivity index (χ1v) is 6.64. The van der Waals surface area contributed by atoms with Gasteiger partial charge in [0.1, 0.15) is 0 Å². The van der Waals surface area contributed by atoms with Crippen molar-refractivity contribution in [3.05, 3.63) is 48.3 Å². The predicted molar refractivity (Wildman–Crippen MR) is 72.2 cm³/mol. The smallest absolute Gasteiger partial charge is 0.0625 e. The molecule has 0 spiro atoms. The lowest BCUT2D eigenvalue weighted by atomic mass is 10.0. The second kappa shape index (κ2) is 5.89. The van der Waals surface area contributed by atoms with Crippen LogP contribution in [0.5, 0.6) is 0 Å². The van der Waals surface area contributed by atoms with Crippen molar-refractivity contribution in [3.63, 3.8) is 0 Å². The highest BCUT2D eigenvalue weighted by atomic mass is 32.2. The lowest BCUT2D eigenvalue weighted by molar-refractivity contribution is 0.766. The van der Waals surface area contributed by atoms with E-state index in [1.807, 2.05) is 30.2 Å². The summed E-state index contributed by atoms with van der Waals surface area (Å²) in [4.78, 5) is 1.20. The fourth-order valence-electron chi connectivity index (χ4n) is 1.70. The molecule has 0 saturated heterocycles. The van der Waals surface area contributed by atoms with E-state index in [1.165, 1.54) is 10.5 Å². The summed E-state index contributed by atoms with van der Waals surface area (Å²) in [5.74, 6) is 1.40. The normalized spacial score (nSPS) is 12.6. The van der Waals surface area contributed by atoms with E-state index in [0.717, 1.165) is 5.75 Å². The third-order valence-electron chi connectivity index (χ3n) is 2.69. The van der Waals surface area contributed by atoms with E-state index in [4.69, 9.17) is 5.73 Å². The second-order valence-corrected chi connectivity index (χ2v) is 5.10. The Morgan fingerprint density at radius 2 is 2.12 bits per heavy atom. The minimum atomic E-state index is 0.404. The van der Waals surface area contributed by atoms with Gasteiger partial charge in [-0.2, -0.15) is 5.10 Å². The van der Waals surface area contributed by atoms with E-state index >= 15 is 0 Å². The van der Waals surface area contributed by atoms with Crippen LogP contribution in [0.2, 0.25) is 0 Å². The molecule has 0 bridgehead atoms. The number of rotatable bonds is 5.